The molecule has 0 saturated carbocycles. The first kappa shape index (κ1) is 13.0. The first-order valence-corrected chi connectivity index (χ1v) is 6.67. The van der Waals surface area contributed by atoms with E-state index in [1.165, 1.54) is 5.56 Å². The summed E-state index contributed by atoms with van der Waals surface area (Å²) in [5.41, 5.74) is 6.73. The molecule has 2 atom stereocenters. The van der Waals surface area contributed by atoms with Gasteiger partial charge in [-0.05, 0) is 37.6 Å². The average molecular weight is 300 g/mol. The van der Waals surface area contributed by atoms with Gasteiger partial charge in [-0.3, -0.25) is 0 Å². The van der Waals surface area contributed by atoms with Crippen LogP contribution in [0.3, 0.4) is 0 Å². The summed E-state index contributed by atoms with van der Waals surface area (Å²) in [7, 11) is 0. The lowest BCUT2D eigenvalue weighted by Gasteiger charge is -2.23. The van der Waals surface area contributed by atoms with Crippen LogP contribution < -0.4 is 5.73 Å². The lowest BCUT2D eigenvalue weighted by Crippen LogP contribution is -2.30. The molecule has 0 aliphatic carbocycles. The van der Waals surface area contributed by atoms with Gasteiger partial charge in [-0.2, -0.15) is 0 Å². The van der Waals surface area contributed by atoms with Crippen LogP contribution in [0.15, 0.2) is 28.7 Å². The minimum Gasteiger partial charge on any atom is -0.347 e. The van der Waals surface area contributed by atoms with Crippen molar-refractivity contribution < 1.29 is 9.47 Å². The van der Waals surface area contributed by atoms with E-state index in [-0.39, 0.29) is 6.10 Å². The van der Waals surface area contributed by atoms with Crippen LogP contribution in [-0.4, -0.2) is 25.0 Å². The first-order valence-electron chi connectivity index (χ1n) is 5.87. The maximum Gasteiger partial charge on any atom is 0.170 e. The molecule has 0 bridgehead atoms. The number of ether oxygens (including phenoxy) is 2. The third-order valence-electron chi connectivity index (χ3n) is 2.89. The van der Waals surface area contributed by atoms with E-state index < -0.39 is 5.79 Å². The number of hydrogen-bond acceptors (Lipinski definition) is 3. The van der Waals surface area contributed by atoms with E-state index in [1.54, 1.807) is 0 Å². The fraction of sp³-hybridized carbons (Fsp3) is 0.538. The Balaban J connectivity index is 1.99. The molecular formula is C13H18BrNO2. The molecule has 0 aromatic heterocycles. The summed E-state index contributed by atoms with van der Waals surface area (Å²) in [5.74, 6) is -0.513. The summed E-state index contributed by atoms with van der Waals surface area (Å²) in [6, 6.07) is 8.21. The molecule has 2 N–H and O–H groups in total. The van der Waals surface area contributed by atoms with E-state index in [1.807, 2.05) is 19.1 Å². The number of halogens is 1. The quantitative estimate of drug-likeness (QED) is 0.929. The summed E-state index contributed by atoms with van der Waals surface area (Å²) < 4.78 is 12.8. The van der Waals surface area contributed by atoms with Crippen molar-refractivity contribution in [1.82, 2.24) is 0 Å². The van der Waals surface area contributed by atoms with Crippen molar-refractivity contribution in [3.8, 4) is 0 Å². The van der Waals surface area contributed by atoms with Gasteiger partial charge < -0.3 is 15.2 Å². The van der Waals surface area contributed by atoms with E-state index in [4.69, 9.17) is 15.2 Å². The summed E-state index contributed by atoms with van der Waals surface area (Å²) in [6.07, 6.45) is 1.75. The molecule has 1 aromatic rings. The normalized spacial score (nSPS) is 28.5. The highest BCUT2D eigenvalue weighted by molar-refractivity contribution is 9.10. The molecule has 1 fully saturated rings. The average Bonchev–Trinajstić information content (AvgIpc) is 2.60. The van der Waals surface area contributed by atoms with Gasteiger partial charge in [0.05, 0.1) is 12.7 Å². The molecule has 0 amide bonds. The molecular weight excluding hydrogens is 282 g/mol. The number of rotatable bonds is 4. The van der Waals surface area contributed by atoms with Crippen LogP contribution in [0.2, 0.25) is 0 Å². The van der Waals surface area contributed by atoms with Crippen LogP contribution >= 0.6 is 15.9 Å². The highest BCUT2D eigenvalue weighted by Crippen LogP contribution is 2.29. The maximum absolute atomic E-state index is 5.92. The third kappa shape index (κ3) is 3.52. The Hall–Kier alpha value is -0.420. The predicted octanol–water partition coefficient (Wildman–Crippen LogP) is 2.47. The zero-order chi connectivity index (χ0) is 12.3. The van der Waals surface area contributed by atoms with Crippen LogP contribution in [0.25, 0.3) is 0 Å². The smallest absolute Gasteiger partial charge is 0.170 e. The van der Waals surface area contributed by atoms with Gasteiger partial charge in [-0.15, -0.1) is 0 Å². The Morgan fingerprint density at radius 3 is 3.06 bits per heavy atom. The van der Waals surface area contributed by atoms with Crippen LogP contribution in [0, 0.1) is 0 Å². The largest absolute Gasteiger partial charge is 0.347 e. The van der Waals surface area contributed by atoms with Crippen LogP contribution in [0.4, 0.5) is 0 Å². The second kappa shape index (κ2) is 5.48. The molecule has 2 unspecified atom stereocenters. The van der Waals surface area contributed by atoms with Crippen molar-refractivity contribution in [2.45, 2.75) is 31.7 Å². The number of hydrogen-bond donors (Lipinski definition) is 1. The summed E-state index contributed by atoms with van der Waals surface area (Å²) in [6.45, 7) is 3.27. The Kier molecular flexibility index (Phi) is 4.20. The second-order valence-corrected chi connectivity index (χ2v) is 5.48. The van der Waals surface area contributed by atoms with Crippen molar-refractivity contribution in [3.63, 3.8) is 0 Å². The van der Waals surface area contributed by atoms with E-state index in [0.717, 1.165) is 17.3 Å². The zero-order valence-electron chi connectivity index (χ0n) is 9.99. The Bertz CT molecular complexity index is 385. The fourth-order valence-electron chi connectivity index (χ4n) is 2.13. The standard InChI is InChI=1S/C13H18BrNO2/c1-13(16-9-12(17-13)5-6-15)8-10-3-2-4-11(14)7-10/h2-4,7,12H,5-6,8-9,15H2,1H3. The predicted molar refractivity (Wildman–Crippen MR) is 70.7 cm³/mol. The van der Waals surface area contributed by atoms with Crippen molar-refractivity contribution in [2.75, 3.05) is 13.2 Å². The topological polar surface area (TPSA) is 44.5 Å². The second-order valence-electron chi connectivity index (χ2n) is 4.57. The molecule has 1 aliphatic rings. The fourth-order valence-corrected chi connectivity index (χ4v) is 2.58. The summed E-state index contributed by atoms with van der Waals surface area (Å²) in [5, 5.41) is 0. The molecule has 1 heterocycles. The summed E-state index contributed by atoms with van der Waals surface area (Å²) in [4.78, 5) is 0. The van der Waals surface area contributed by atoms with E-state index in [2.05, 4.69) is 28.1 Å². The zero-order valence-corrected chi connectivity index (χ0v) is 11.6. The molecule has 1 saturated heterocycles. The minimum absolute atomic E-state index is 0.136. The lowest BCUT2D eigenvalue weighted by molar-refractivity contribution is -0.152. The van der Waals surface area contributed by atoms with Gasteiger partial charge >= 0.3 is 0 Å². The molecule has 3 nitrogen and oxygen atoms in total. The van der Waals surface area contributed by atoms with Crippen LogP contribution in [0.1, 0.15) is 18.9 Å². The van der Waals surface area contributed by atoms with Gasteiger partial charge in [-0.1, -0.05) is 28.1 Å². The van der Waals surface area contributed by atoms with Crippen molar-refractivity contribution >= 4 is 15.9 Å². The molecule has 1 aliphatic heterocycles. The molecule has 0 radical (unpaired) electrons. The maximum atomic E-state index is 5.92. The molecule has 17 heavy (non-hydrogen) atoms. The van der Waals surface area contributed by atoms with Gasteiger partial charge in [-0.25, -0.2) is 0 Å². The van der Waals surface area contributed by atoms with Crippen LogP contribution in [-0.2, 0) is 15.9 Å². The van der Waals surface area contributed by atoms with E-state index >= 15 is 0 Å². The molecule has 2 rings (SSSR count). The number of nitrogens with two attached hydrogens (primary N) is 1. The monoisotopic (exact) mass is 299 g/mol. The Morgan fingerprint density at radius 2 is 2.35 bits per heavy atom. The minimum atomic E-state index is -0.513. The van der Waals surface area contributed by atoms with Gasteiger partial charge in [0.15, 0.2) is 5.79 Å². The van der Waals surface area contributed by atoms with Crippen molar-refractivity contribution in [2.24, 2.45) is 5.73 Å². The molecule has 0 spiro atoms. The Labute approximate surface area is 110 Å². The van der Waals surface area contributed by atoms with Crippen molar-refractivity contribution in [1.29, 1.82) is 0 Å². The highest BCUT2D eigenvalue weighted by atomic mass is 79.9. The molecule has 94 valence electrons. The van der Waals surface area contributed by atoms with Crippen molar-refractivity contribution in [3.05, 3.63) is 34.3 Å². The van der Waals surface area contributed by atoms with Gasteiger partial charge in [0, 0.05) is 10.9 Å². The third-order valence-corrected chi connectivity index (χ3v) is 3.39. The highest BCUT2D eigenvalue weighted by Gasteiger charge is 2.36. The SMILES string of the molecule is CC1(Cc2cccc(Br)c2)OCC(CCN)O1. The summed E-state index contributed by atoms with van der Waals surface area (Å²) >= 11 is 3.47. The lowest BCUT2D eigenvalue weighted by atomic mass is 10.1. The number of benzene rings is 1. The first-order chi connectivity index (χ1) is 8.11. The molecule has 4 heteroatoms. The van der Waals surface area contributed by atoms with E-state index in [0.29, 0.717) is 13.2 Å². The van der Waals surface area contributed by atoms with Gasteiger partial charge in [0.1, 0.15) is 0 Å². The van der Waals surface area contributed by atoms with E-state index in [9.17, 15) is 0 Å². The van der Waals surface area contributed by atoms with Gasteiger partial charge in [0.2, 0.25) is 0 Å². The van der Waals surface area contributed by atoms with Gasteiger partial charge in [0.25, 0.3) is 0 Å². The molecule has 1 aromatic carbocycles. The van der Waals surface area contributed by atoms with Crippen LogP contribution in [0.5, 0.6) is 0 Å². The Morgan fingerprint density at radius 1 is 1.53 bits per heavy atom.